The van der Waals surface area contributed by atoms with Gasteiger partial charge in [0, 0.05) is 36.4 Å². The largest absolute Gasteiger partial charge is 0.381 e. The van der Waals surface area contributed by atoms with Crippen LogP contribution in [0.2, 0.25) is 5.02 Å². The van der Waals surface area contributed by atoms with Crippen molar-refractivity contribution in [1.29, 1.82) is 0 Å². The summed E-state index contributed by atoms with van der Waals surface area (Å²) in [5.74, 6) is 0.709. The fourth-order valence-corrected chi connectivity index (χ4v) is 6.24. The van der Waals surface area contributed by atoms with Gasteiger partial charge in [-0.3, -0.25) is 0 Å². The molecule has 0 amide bonds. The average Bonchev–Trinajstić information content (AvgIpc) is 3.54. The van der Waals surface area contributed by atoms with E-state index in [1.165, 1.54) is 0 Å². The Morgan fingerprint density at radius 2 is 1.83 bits per heavy atom. The molecule has 5 nitrogen and oxygen atoms in total. The number of rotatable bonds is 6. The second-order valence-electron chi connectivity index (χ2n) is 8.47. The first-order valence-corrected chi connectivity index (χ1v) is 12.5. The minimum atomic E-state index is -3.17. The molecule has 3 aromatic rings. The molecule has 1 N–H and O–H groups in total. The van der Waals surface area contributed by atoms with E-state index in [9.17, 15) is 8.42 Å². The zero-order chi connectivity index (χ0) is 20.7. The van der Waals surface area contributed by atoms with Crippen molar-refractivity contribution in [3.05, 3.63) is 58.9 Å². The second kappa shape index (κ2) is 7.98. The number of fused-ring (bicyclic) bond motifs is 1. The van der Waals surface area contributed by atoms with Crippen molar-refractivity contribution in [1.82, 2.24) is 9.97 Å². The Bertz CT molecular complexity index is 1150. The molecule has 0 spiro atoms. The van der Waals surface area contributed by atoms with Gasteiger partial charge in [0.2, 0.25) is 0 Å². The normalized spacial score (nSPS) is 19.2. The number of aromatic amines is 1. The number of hydrogen-bond donors (Lipinski definition) is 1. The van der Waals surface area contributed by atoms with E-state index in [2.05, 4.69) is 16.0 Å². The van der Waals surface area contributed by atoms with Crippen molar-refractivity contribution < 1.29 is 13.2 Å². The number of nitrogens with zero attached hydrogens (tertiary/aromatic N) is 1. The quantitative estimate of drug-likeness (QED) is 0.574. The summed E-state index contributed by atoms with van der Waals surface area (Å²) in [5, 5.41) is 1.41. The molecule has 2 aliphatic rings. The van der Waals surface area contributed by atoms with Crippen molar-refractivity contribution in [2.24, 2.45) is 5.92 Å². The van der Waals surface area contributed by atoms with Crippen LogP contribution in [-0.2, 0) is 14.6 Å². The molecule has 3 heterocycles. The van der Waals surface area contributed by atoms with E-state index < -0.39 is 9.84 Å². The van der Waals surface area contributed by atoms with Gasteiger partial charge in [0.15, 0.2) is 9.84 Å². The number of hydrogen-bond acceptors (Lipinski definition) is 4. The van der Waals surface area contributed by atoms with Crippen LogP contribution >= 0.6 is 11.6 Å². The van der Waals surface area contributed by atoms with E-state index >= 15 is 0 Å². The highest BCUT2D eigenvalue weighted by molar-refractivity contribution is 7.92. The molecule has 1 aromatic carbocycles. The molecule has 1 aliphatic carbocycles. The Kier molecular flexibility index (Phi) is 5.33. The van der Waals surface area contributed by atoms with Crippen LogP contribution in [0.4, 0.5) is 0 Å². The summed E-state index contributed by atoms with van der Waals surface area (Å²) in [7, 11) is -3.17. The summed E-state index contributed by atoms with van der Waals surface area (Å²) in [6.07, 6.45) is 6.29. The SMILES string of the molecule is O=S(=O)(c1ccc(C(CC2CCOCC2)c2cc3cc(Cl)cnc3[nH]2)cc1)C1CC1. The average molecular weight is 445 g/mol. The number of benzene rings is 1. The van der Waals surface area contributed by atoms with Gasteiger partial charge in [-0.1, -0.05) is 23.7 Å². The second-order valence-corrected chi connectivity index (χ2v) is 11.1. The van der Waals surface area contributed by atoms with Crippen molar-refractivity contribution >= 4 is 32.5 Å². The Hall–Kier alpha value is -1.89. The van der Waals surface area contributed by atoms with Crippen LogP contribution in [0.1, 0.15) is 49.3 Å². The molecule has 2 fully saturated rings. The van der Waals surface area contributed by atoms with Crippen LogP contribution in [0.3, 0.4) is 0 Å². The van der Waals surface area contributed by atoms with Crippen molar-refractivity contribution in [2.75, 3.05) is 13.2 Å². The standard InChI is InChI=1S/C23H25ClN2O3S/c24-18-12-17-13-22(26-23(17)25-14-18)21(11-15-7-9-29-10-8-15)16-1-3-19(4-2-16)30(27,28)20-5-6-20/h1-4,12-15,20-21H,5-11H2,(H,25,26). The first-order valence-electron chi connectivity index (χ1n) is 10.6. The summed E-state index contributed by atoms with van der Waals surface area (Å²) in [5.41, 5.74) is 3.03. The summed E-state index contributed by atoms with van der Waals surface area (Å²) in [6, 6.07) is 11.5. The van der Waals surface area contributed by atoms with E-state index in [4.69, 9.17) is 16.3 Å². The number of aromatic nitrogens is 2. The Balaban J connectivity index is 1.49. The molecular weight excluding hydrogens is 420 g/mol. The number of halogens is 1. The molecule has 0 bridgehead atoms. The van der Waals surface area contributed by atoms with Crippen molar-refractivity contribution in [3.63, 3.8) is 0 Å². The Labute approximate surface area is 181 Å². The van der Waals surface area contributed by atoms with Crippen LogP contribution in [0.25, 0.3) is 11.0 Å². The lowest BCUT2D eigenvalue weighted by Crippen LogP contribution is -2.19. The van der Waals surface area contributed by atoms with E-state index in [1.54, 1.807) is 18.3 Å². The van der Waals surface area contributed by atoms with Gasteiger partial charge in [-0.2, -0.15) is 0 Å². The van der Waals surface area contributed by atoms with Crippen LogP contribution in [0.15, 0.2) is 47.5 Å². The minimum Gasteiger partial charge on any atom is -0.381 e. The van der Waals surface area contributed by atoms with Crippen molar-refractivity contribution in [2.45, 2.75) is 48.2 Å². The molecule has 0 radical (unpaired) electrons. The lowest BCUT2D eigenvalue weighted by atomic mass is 9.83. The predicted octanol–water partition coefficient (Wildman–Crippen LogP) is 5.10. The fourth-order valence-electron chi connectivity index (χ4n) is 4.42. The summed E-state index contributed by atoms with van der Waals surface area (Å²) < 4.78 is 30.7. The van der Waals surface area contributed by atoms with E-state index in [1.807, 2.05) is 18.2 Å². The van der Waals surface area contributed by atoms with E-state index in [0.717, 1.165) is 67.6 Å². The molecule has 1 aliphatic heterocycles. The smallest absolute Gasteiger partial charge is 0.181 e. The molecule has 7 heteroatoms. The third-order valence-electron chi connectivity index (χ3n) is 6.32. The zero-order valence-corrected chi connectivity index (χ0v) is 18.3. The first kappa shape index (κ1) is 20.0. The molecule has 1 unspecified atom stereocenters. The number of ether oxygens (including phenoxy) is 1. The fraction of sp³-hybridized carbons (Fsp3) is 0.435. The van der Waals surface area contributed by atoms with Crippen LogP contribution in [0.5, 0.6) is 0 Å². The maximum atomic E-state index is 12.6. The highest BCUT2D eigenvalue weighted by Crippen LogP contribution is 2.37. The molecular formula is C23H25ClN2O3S. The molecule has 158 valence electrons. The van der Waals surface area contributed by atoms with Gasteiger partial charge in [0.05, 0.1) is 15.2 Å². The maximum absolute atomic E-state index is 12.6. The number of nitrogens with one attached hydrogen (secondary N) is 1. The number of pyridine rings is 1. The van der Waals surface area contributed by atoms with Gasteiger partial charge in [0.25, 0.3) is 0 Å². The monoisotopic (exact) mass is 444 g/mol. The van der Waals surface area contributed by atoms with Gasteiger partial charge in [-0.25, -0.2) is 13.4 Å². The number of H-pyrrole nitrogens is 1. The van der Waals surface area contributed by atoms with Crippen LogP contribution < -0.4 is 0 Å². The summed E-state index contributed by atoms with van der Waals surface area (Å²) in [6.45, 7) is 1.61. The maximum Gasteiger partial charge on any atom is 0.181 e. The lowest BCUT2D eigenvalue weighted by molar-refractivity contribution is 0.0626. The molecule has 2 aromatic heterocycles. The van der Waals surface area contributed by atoms with Gasteiger partial charge in [-0.15, -0.1) is 0 Å². The third-order valence-corrected chi connectivity index (χ3v) is 8.80. The van der Waals surface area contributed by atoms with Gasteiger partial charge >= 0.3 is 0 Å². The number of sulfone groups is 1. The minimum absolute atomic E-state index is 0.138. The summed E-state index contributed by atoms with van der Waals surface area (Å²) in [4.78, 5) is 8.31. The zero-order valence-electron chi connectivity index (χ0n) is 16.7. The first-order chi connectivity index (χ1) is 14.5. The van der Waals surface area contributed by atoms with E-state index in [-0.39, 0.29) is 11.2 Å². The predicted molar refractivity (Wildman–Crippen MR) is 118 cm³/mol. The van der Waals surface area contributed by atoms with E-state index in [0.29, 0.717) is 15.8 Å². The highest BCUT2D eigenvalue weighted by Gasteiger charge is 2.37. The molecule has 30 heavy (non-hydrogen) atoms. The molecule has 5 rings (SSSR count). The molecule has 1 saturated carbocycles. The van der Waals surface area contributed by atoms with Gasteiger partial charge in [-0.05, 0) is 67.9 Å². The van der Waals surface area contributed by atoms with Crippen molar-refractivity contribution in [3.8, 4) is 0 Å². The topological polar surface area (TPSA) is 72.1 Å². The van der Waals surface area contributed by atoms with Gasteiger partial charge < -0.3 is 9.72 Å². The Morgan fingerprint density at radius 3 is 2.53 bits per heavy atom. The molecule has 1 atom stereocenters. The van der Waals surface area contributed by atoms with Crippen LogP contribution in [-0.4, -0.2) is 36.8 Å². The summed E-state index contributed by atoms with van der Waals surface area (Å²) >= 11 is 6.12. The Morgan fingerprint density at radius 1 is 1.10 bits per heavy atom. The third kappa shape index (κ3) is 4.01. The van der Waals surface area contributed by atoms with Crippen LogP contribution in [0, 0.1) is 5.92 Å². The van der Waals surface area contributed by atoms with Gasteiger partial charge in [0.1, 0.15) is 5.65 Å². The lowest BCUT2D eigenvalue weighted by Gasteiger charge is -2.26. The molecule has 1 saturated heterocycles. The highest BCUT2D eigenvalue weighted by atomic mass is 35.5.